The normalized spacial score (nSPS) is 35.6. The van der Waals surface area contributed by atoms with Crippen molar-refractivity contribution >= 4 is 11.7 Å². The second kappa shape index (κ2) is 12.5. The number of hydrogen-bond acceptors (Lipinski definition) is 7. The fraction of sp³-hybridized carbons (Fsp3) is 0.500. The number of nitrogens with zero attached hydrogens (tertiary/aromatic N) is 1. The van der Waals surface area contributed by atoms with Crippen LogP contribution >= 0.6 is 0 Å². The summed E-state index contributed by atoms with van der Waals surface area (Å²) < 4.78 is 16.7. The SMILES string of the molecule is COc1ccc(CC(=O)N(Cc2ccccc2)C[C@]2(O)CC[C@H]3[C@]45C=C[C@@]6(C=C4C(=O)c4ccco4)CC(O)CC[C@]6(C)[C@H]5CC[C@@]32C)cc1OC. The minimum Gasteiger partial charge on any atom is -0.493 e. The molecule has 2 bridgehead atoms. The number of rotatable bonds is 10. The molecular formula is C44H51NO7. The number of allylic oxidation sites excluding steroid dienone is 4. The Labute approximate surface area is 306 Å². The highest BCUT2D eigenvalue weighted by Gasteiger charge is 2.74. The lowest BCUT2D eigenvalue weighted by atomic mass is 9.32. The van der Waals surface area contributed by atoms with Gasteiger partial charge in [0.15, 0.2) is 17.3 Å². The molecule has 0 radical (unpaired) electrons. The first kappa shape index (κ1) is 34.9. The van der Waals surface area contributed by atoms with Crippen molar-refractivity contribution in [1.29, 1.82) is 0 Å². The highest BCUT2D eigenvalue weighted by molar-refractivity contribution is 6.08. The van der Waals surface area contributed by atoms with Crippen LogP contribution in [-0.2, 0) is 17.8 Å². The molecule has 0 aliphatic heterocycles. The molecule has 3 saturated carbocycles. The molecule has 0 saturated heterocycles. The Morgan fingerprint density at radius 3 is 2.33 bits per heavy atom. The van der Waals surface area contributed by atoms with E-state index in [-0.39, 0.29) is 41.9 Å². The fourth-order valence-electron chi connectivity index (χ4n) is 11.8. The number of ketones is 1. The fourth-order valence-corrected chi connectivity index (χ4v) is 11.8. The van der Waals surface area contributed by atoms with E-state index >= 15 is 0 Å². The number of ether oxygens (including phenoxy) is 2. The van der Waals surface area contributed by atoms with Crippen LogP contribution < -0.4 is 9.47 Å². The van der Waals surface area contributed by atoms with Crippen molar-refractivity contribution in [3.63, 3.8) is 0 Å². The third-order valence-electron chi connectivity index (χ3n) is 14.5. The summed E-state index contributed by atoms with van der Waals surface area (Å²) in [5.74, 6) is 1.44. The number of aliphatic hydroxyl groups excluding tert-OH is 1. The lowest BCUT2D eigenvalue weighted by Crippen LogP contribution is -2.67. The zero-order chi connectivity index (χ0) is 36.5. The molecule has 274 valence electrons. The van der Waals surface area contributed by atoms with Crippen molar-refractivity contribution in [3.8, 4) is 11.5 Å². The number of benzene rings is 2. The van der Waals surface area contributed by atoms with E-state index in [1.165, 1.54) is 0 Å². The Morgan fingerprint density at radius 2 is 1.60 bits per heavy atom. The third kappa shape index (κ3) is 5.00. The van der Waals surface area contributed by atoms with Crippen molar-refractivity contribution in [1.82, 2.24) is 4.90 Å². The molecule has 3 aromatic rings. The summed E-state index contributed by atoms with van der Waals surface area (Å²) >= 11 is 0. The average molecular weight is 706 g/mol. The quantitative estimate of drug-likeness (QED) is 0.168. The van der Waals surface area contributed by atoms with Crippen LogP contribution in [0.1, 0.15) is 80.5 Å². The lowest BCUT2D eigenvalue weighted by Gasteiger charge is -2.71. The average Bonchev–Trinajstić information content (AvgIpc) is 3.78. The first-order valence-corrected chi connectivity index (χ1v) is 18.9. The molecule has 2 N–H and O–H groups in total. The van der Waals surface area contributed by atoms with E-state index in [4.69, 9.17) is 13.9 Å². The zero-order valence-electron chi connectivity index (χ0n) is 30.8. The zero-order valence-corrected chi connectivity index (χ0v) is 30.8. The van der Waals surface area contributed by atoms with Gasteiger partial charge in [0, 0.05) is 28.4 Å². The highest BCUT2D eigenvalue weighted by Crippen LogP contribution is 2.78. The van der Waals surface area contributed by atoms with Crippen LogP contribution in [0.25, 0.3) is 0 Å². The van der Waals surface area contributed by atoms with Crippen molar-refractivity contribution in [2.45, 2.75) is 83.5 Å². The molecule has 8 nitrogen and oxygen atoms in total. The summed E-state index contributed by atoms with van der Waals surface area (Å²) in [5, 5.41) is 24.1. The predicted molar refractivity (Wildman–Crippen MR) is 197 cm³/mol. The maximum Gasteiger partial charge on any atom is 0.227 e. The number of fused-ring (bicyclic) bond motifs is 1. The summed E-state index contributed by atoms with van der Waals surface area (Å²) in [6.45, 7) is 5.14. The molecule has 1 aromatic heterocycles. The van der Waals surface area contributed by atoms with Gasteiger partial charge < -0.3 is 29.0 Å². The molecule has 6 aliphatic rings. The van der Waals surface area contributed by atoms with E-state index in [2.05, 4.69) is 32.1 Å². The van der Waals surface area contributed by atoms with Gasteiger partial charge in [0.25, 0.3) is 0 Å². The first-order valence-electron chi connectivity index (χ1n) is 18.9. The number of furan rings is 1. The number of methoxy groups -OCH3 is 2. The van der Waals surface area contributed by atoms with Gasteiger partial charge in [-0.3, -0.25) is 9.59 Å². The van der Waals surface area contributed by atoms with Gasteiger partial charge >= 0.3 is 0 Å². The van der Waals surface area contributed by atoms with Crippen LogP contribution in [0.2, 0.25) is 0 Å². The Bertz CT molecular complexity index is 1920. The molecule has 1 unspecified atom stereocenters. The summed E-state index contributed by atoms with van der Waals surface area (Å²) in [6.07, 6.45) is 13.2. The van der Waals surface area contributed by atoms with Crippen molar-refractivity contribution in [2.24, 2.45) is 33.5 Å². The maximum absolute atomic E-state index is 14.6. The van der Waals surface area contributed by atoms with Gasteiger partial charge in [-0.25, -0.2) is 0 Å². The second-order valence-corrected chi connectivity index (χ2v) is 16.7. The molecule has 8 heteroatoms. The Kier molecular flexibility index (Phi) is 8.38. The molecule has 2 spiro atoms. The third-order valence-corrected chi connectivity index (χ3v) is 14.5. The summed E-state index contributed by atoms with van der Waals surface area (Å²) in [6, 6.07) is 19.0. The van der Waals surface area contributed by atoms with E-state index in [0.29, 0.717) is 36.6 Å². The van der Waals surface area contributed by atoms with Crippen LogP contribution in [0.3, 0.4) is 0 Å². The van der Waals surface area contributed by atoms with Crippen LogP contribution in [0, 0.1) is 33.5 Å². The van der Waals surface area contributed by atoms with Gasteiger partial charge in [0.05, 0.1) is 45.2 Å². The topological polar surface area (TPSA) is 109 Å². The number of amides is 1. The molecule has 1 amide bonds. The molecule has 2 aromatic carbocycles. The van der Waals surface area contributed by atoms with Crippen molar-refractivity contribution in [2.75, 3.05) is 20.8 Å². The number of carbonyl (C=O) groups is 2. The maximum atomic E-state index is 14.6. The molecule has 1 heterocycles. The van der Waals surface area contributed by atoms with E-state index in [0.717, 1.165) is 48.8 Å². The Morgan fingerprint density at radius 1 is 0.865 bits per heavy atom. The van der Waals surface area contributed by atoms with Crippen LogP contribution in [0.4, 0.5) is 0 Å². The highest BCUT2D eigenvalue weighted by atomic mass is 16.5. The van der Waals surface area contributed by atoms with Gasteiger partial charge in [-0.05, 0) is 97.6 Å². The van der Waals surface area contributed by atoms with Crippen LogP contribution in [0.15, 0.2) is 95.1 Å². The smallest absolute Gasteiger partial charge is 0.227 e. The largest absolute Gasteiger partial charge is 0.493 e. The van der Waals surface area contributed by atoms with Crippen molar-refractivity contribution in [3.05, 3.63) is 108 Å². The lowest BCUT2D eigenvalue weighted by molar-refractivity contribution is -0.178. The number of carbonyl (C=O) groups excluding carboxylic acids is 2. The summed E-state index contributed by atoms with van der Waals surface area (Å²) in [4.78, 5) is 30.7. The minimum absolute atomic E-state index is 0.0355. The Hall–Kier alpha value is -4.14. The predicted octanol–water partition coefficient (Wildman–Crippen LogP) is 7.34. The van der Waals surface area contributed by atoms with Gasteiger partial charge in [-0.2, -0.15) is 0 Å². The van der Waals surface area contributed by atoms with Crippen LogP contribution in [-0.4, -0.2) is 59.3 Å². The van der Waals surface area contributed by atoms with Crippen LogP contribution in [0.5, 0.6) is 11.5 Å². The standard InChI is InChI=1S/C44H51NO7/c1-40-17-14-31(46)25-42(40)20-21-44(32(26-42)39(48)34-11-8-22-52-34)36(40)15-18-41(2)37(44)16-19-43(41,49)28-45(27-29-9-6-5-7-10-29)38(47)24-30-12-13-33(50-3)35(23-30)51-4/h5-13,20-23,26,31,36-37,46,49H,14-19,24-25,27-28H2,1-4H3/t31?,36-,37-,40-,41+,42+,43-,44-/m1/s1. The molecule has 8 atom stereocenters. The molecular weight excluding hydrogens is 654 g/mol. The summed E-state index contributed by atoms with van der Waals surface area (Å²) in [7, 11) is 3.17. The molecule has 6 aliphatic carbocycles. The molecule has 3 fully saturated rings. The monoisotopic (exact) mass is 705 g/mol. The van der Waals surface area contributed by atoms with Gasteiger partial charge in [0.1, 0.15) is 0 Å². The molecule has 9 rings (SSSR count). The van der Waals surface area contributed by atoms with Crippen molar-refractivity contribution < 1.29 is 33.7 Å². The second-order valence-electron chi connectivity index (χ2n) is 16.7. The van der Waals surface area contributed by atoms with E-state index < -0.39 is 27.9 Å². The first-order chi connectivity index (χ1) is 24.9. The Balaban J connectivity index is 1.17. The number of aliphatic hydroxyl groups is 2. The van der Waals surface area contributed by atoms with E-state index in [1.54, 1.807) is 32.6 Å². The summed E-state index contributed by atoms with van der Waals surface area (Å²) in [5.41, 5.74) is -0.378. The van der Waals surface area contributed by atoms with Gasteiger partial charge in [0.2, 0.25) is 11.7 Å². The van der Waals surface area contributed by atoms with E-state index in [1.807, 2.05) is 53.4 Å². The minimum atomic E-state index is -1.19. The van der Waals surface area contributed by atoms with Gasteiger partial charge in [-0.1, -0.05) is 68.5 Å². The van der Waals surface area contributed by atoms with E-state index in [9.17, 15) is 19.8 Å². The number of Topliss-reactive ketones (excluding diaryl/α,β-unsaturated/α-hetero) is 1. The van der Waals surface area contributed by atoms with Gasteiger partial charge in [-0.15, -0.1) is 0 Å². The number of hydrogen-bond donors (Lipinski definition) is 2. The molecule has 52 heavy (non-hydrogen) atoms.